The van der Waals surface area contributed by atoms with Gasteiger partial charge in [0.25, 0.3) is 0 Å². The van der Waals surface area contributed by atoms with Crippen molar-refractivity contribution in [3.8, 4) is 0 Å². The number of nitrogens with zero attached hydrogens (tertiary/aromatic N) is 3. The van der Waals surface area contributed by atoms with Gasteiger partial charge in [0.05, 0.1) is 0 Å². The second-order valence-electron chi connectivity index (χ2n) is 6.90. The summed E-state index contributed by atoms with van der Waals surface area (Å²) in [6.07, 6.45) is 3.66. The lowest BCUT2D eigenvalue weighted by Crippen LogP contribution is -2.60. The Morgan fingerprint density at radius 2 is 1.95 bits per heavy atom. The molecule has 2 aliphatic heterocycles. The Hall–Kier alpha value is -0.650. The van der Waals surface area contributed by atoms with Gasteiger partial charge in [-0.25, -0.2) is 0 Å². The van der Waals surface area contributed by atoms with Crippen LogP contribution in [-0.2, 0) is 4.79 Å². The molecule has 2 aliphatic rings. The Kier molecular flexibility index (Phi) is 6.02. The van der Waals surface area contributed by atoms with Crippen molar-refractivity contribution in [3.05, 3.63) is 0 Å². The third-order valence-electron chi connectivity index (χ3n) is 4.94. The molecule has 0 saturated carbocycles. The summed E-state index contributed by atoms with van der Waals surface area (Å²) in [6.45, 7) is 9.72. The lowest BCUT2D eigenvalue weighted by molar-refractivity contribution is -0.136. The second kappa shape index (κ2) is 7.56. The summed E-state index contributed by atoms with van der Waals surface area (Å²) in [4.78, 5) is 19.2. The van der Waals surface area contributed by atoms with E-state index in [4.69, 9.17) is 0 Å². The predicted octanol–water partition coefficient (Wildman–Crippen LogP) is 0.611. The van der Waals surface area contributed by atoms with Crippen LogP contribution in [0.2, 0.25) is 0 Å². The van der Waals surface area contributed by atoms with Crippen LogP contribution in [0.5, 0.6) is 0 Å². The van der Waals surface area contributed by atoms with E-state index < -0.39 is 0 Å². The average molecular weight is 296 g/mol. The van der Waals surface area contributed by atoms with Crippen LogP contribution in [0.15, 0.2) is 0 Å². The number of hydrogen-bond acceptors (Lipinski definition) is 4. The fraction of sp³-hybridized carbons (Fsp3) is 0.938. The van der Waals surface area contributed by atoms with E-state index in [1.807, 2.05) is 14.1 Å². The molecule has 0 aromatic rings. The molecule has 5 nitrogen and oxygen atoms in total. The molecule has 0 radical (unpaired) electrons. The zero-order valence-corrected chi connectivity index (χ0v) is 14.1. The van der Waals surface area contributed by atoms with Crippen molar-refractivity contribution in [2.24, 2.45) is 0 Å². The molecule has 1 amide bonds. The van der Waals surface area contributed by atoms with Crippen molar-refractivity contribution < 1.29 is 4.79 Å². The van der Waals surface area contributed by atoms with Crippen molar-refractivity contribution in [1.29, 1.82) is 0 Å². The molecular weight excluding hydrogens is 264 g/mol. The monoisotopic (exact) mass is 296 g/mol. The normalized spacial score (nSPS) is 29.4. The minimum Gasteiger partial charge on any atom is -0.347 e. The van der Waals surface area contributed by atoms with Crippen molar-refractivity contribution in [1.82, 2.24) is 20.0 Å². The van der Waals surface area contributed by atoms with Gasteiger partial charge < -0.3 is 15.1 Å². The molecule has 122 valence electrons. The molecule has 2 heterocycles. The van der Waals surface area contributed by atoms with Crippen LogP contribution < -0.4 is 5.32 Å². The molecule has 0 aromatic heterocycles. The second-order valence-corrected chi connectivity index (χ2v) is 6.90. The third kappa shape index (κ3) is 4.18. The van der Waals surface area contributed by atoms with E-state index >= 15 is 0 Å². The minimum atomic E-state index is 0.0179. The molecule has 0 bridgehead atoms. The Morgan fingerprint density at radius 1 is 1.19 bits per heavy atom. The van der Waals surface area contributed by atoms with Gasteiger partial charge in [-0.2, -0.15) is 0 Å². The number of likely N-dealkylation sites (tertiary alicyclic amines) is 1. The molecule has 2 fully saturated rings. The number of hydrogen-bond donors (Lipinski definition) is 1. The van der Waals surface area contributed by atoms with Crippen LogP contribution in [-0.4, -0.2) is 85.6 Å². The molecule has 0 spiro atoms. The van der Waals surface area contributed by atoms with E-state index in [-0.39, 0.29) is 11.9 Å². The van der Waals surface area contributed by atoms with Crippen LogP contribution >= 0.6 is 0 Å². The van der Waals surface area contributed by atoms with E-state index in [2.05, 4.69) is 29.0 Å². The number of likely N-dealkylation sites (N-methyl/N-ethyl adjacent to an activating group) is 1. The number of rotatable bonds is 3. The smallest absolute Gasteiger partial charge is 0.240 e. The topological polar surface area (TPSA) is 38.8 Å². The van der Waals surface area contributed by atoms with Gasteiger partial charge in [0.1, 0.15) is 6.04 Å². The Labute approximate surface area is 129 Å². The van der Waals surface area contributed by atoms with Crippen molar-refractivity contribution in [2.75, 3.05) is 46.8 Å². The lowest BCUT2D eigenvalue weighted by atomic mass is 10.0. The van der Waals surface area contributed by atoms with E-state index in [1.165, 1.54) is 25.8 Å². The van der Waals surface area contributed by atoms with Gasteiger partial charge in [-0.05, 0) is 46.2 Å². The fourth-order valence-electron chi connectivity index (χ4n) is 3.63. The summed E-state index contributed by atoms with van der Waals surface area (Å²) in [7, 11) is 3.73. The lowest BCUT2D eigenvalue weighted by Gasteiger charge is -2.41. The van der Waals surface area contributed by atoms with E-state index in [0.717, 1.165) is 26.2 Å². The maximum absolute atomic E-state index is 12.4. The number of piperazine rings is 1. The standard InChI is InChI=1S/C16H32N4O/c1-13(2)19-9-5-6-14(7-10-19)20-11-8-17-12-15(20)16(21)18(3)4/h13-15,17H,5-12H2,1-4H3. The van der Waals surface area contributed by atoms with Crippen LogP contribution in [0, 0.1) is 0 Å². The van der Waals surface area contributed by atoms with Gasteiger partial charge >= 0.3 is 0 Å². The summed E-state index contributed by atoms with van der Waals surface area (Å²) >= 11 is 0. The molecule has 2 unspecified atom stereocenters. The summed E-state index contributed by atoms with van der Waals surface area (Å²) < 4.78 is 0. The number of carbonyl (C=O) groups is 1. The number of amides is 1. The summed E-state index contributed by atoms with van der Waals surface area (Å²) in [5, 5.41) is 3.38. The number of nitrogens with one attached hydrogen (secondary N) is 1. The van der Waals surface area contributed by atoms with Gasteiger partial charge in [-0.1, -0.05) is 0 Å². The maximum atomic E-state index is 12.4. The van der Waals surface area contributed by atoms with E-state index in [1.54, 1.807) is 4.90 Å². The fourth-order valence-corrected chi connectivity index (χ4v) is 3.63. The Bertz CT molecular complexity index is 345. The molecule has 5 heteroatoms. The van der Waals surface area contributed by atoms with Crippen molar-refractivity contribution >= 4 is 5.91 Å². The van der Waals surface area contributed by atoms with Crippen molar-refractivity contribution in [3.63, 3.8) is 0 Å². The van der Waals surface area contributed by atoms with Gasteiger partial charge in [-0.15, -0.1) is 0 Å². The first-order valence-corrected chi connectivity index (χ1v) is 8.42. The quantitative estimate of drug-likeness (QED) is 0.828. The third-order valence-corrected chi connectivity index (χ3v) is 4.94. The highest BCUT2D eigenvalue weighted by molar-refractivity contribution is 5.81. The average Bonchev–Trinajstić information content (AvgIpc) is 2.72. The predicted molar refractivity (Wildman–Crippen MR) is 86.4 cm³/mol. The van der Waals surface area contributed by atoms with Crippen LogP contribution in [0.25, 0.3) is 0 Å². The first kappa shape index (κ1) is 16.7. The summed E-state index contributed by atoms with van der Waals surface area (Å²) in [5.74, 6) is 0.243. The molecular formula is C16H32N4O. The Morgan fingerprint density at radius 3 is 2.62 bits per heavy atom. The highest BCUT2D eigenvalue weighted by Gasteiger charge is 2.35. The van der Waals surface area contributed by atoms with Gasteiger partial charge in [0, 0.05) is 45.8 Å². The Balaban J connectivity index is 2.02. The molecule has 2 saturated heterocycles. The molecule has 1 N–H and O–H groups in total. The van der Waals surface area contributed by atoms with Gasteiger partial charge in [0.15, 0.2) is 0 Å². The highest BCUT2D eigenvalue weighted by Crippen LogP contribution is 2.21. The number of carbonyl (C=O) groups excluding carboxylic acids is 1. The van der Waals surface area contributed by atoms with Crippen LogP contribution in [0.4, 0.5) is 0 Å². The van der Waals surface area contributed by atoms with Gasteiger partial charge in [0.2, 0.25) is 5.91 Å². The molecule has 21 heavy (non-hydrogen) atoms. The van der Waals surface area contributed by atoms with Gasteiger partial charge in [-0.3, -0.25) is 9.69 Å². The molecule has 2 atom stereocenters. The zero-order valence-electron chi connectivity index (χ0n) is 14.1. The first-order valence-electron chi connectivity index (χ1n) is 8.42. The zero-order chi connectivity index (χ0) is 15.4. The molecule has 2 rings (SSSR count). The van der Waals surface area contributed by atoms with Crippen LogP contribution in [0.3, 0.4) is 0 Å². The summed E-state index contributed by atoms with van der Waals surface area (Å²) in [6, 6.07) is 1.21. The SMILES string of the molecule is CC(C)N1CCCC(N2CCNCC2C(=O)N(C)C)CC1. The van der Waals surface area contributed by atoms with Crippen molar-refractivity contribution in [2.45, 2.75) is 51.2 Å². The van der Waals surface area contributed by atoms with E-state index in [9.17, 15) is 4.79 Å². The first-order chi connectivity index (χ1) is 10.0. The summed E-state index contributed by atoms with van der Waals surface area (Å²) in [5.41, 5.74) is 0. The van der Waals surface area contributed by atoms with Crippen LogP contribution in [0.1, 0.15) is 33.1 Å². The maximum Gasteiger partial charge on any atom is 0.240 e. The minimum absolute atomic E-state index is 0.0179. The molecule has 0 aliphatic carbocycles. The van der Waals surface area contributed by atoms with E-state index in [0.29, 0.717) is 12.1 Å². The molecule has 0 aromatic carbocycles. The largest absolute Gasteiger partial charge is 0.347 e. The highest BCUT2D eigenvalue weighted by atomic mass is 16.2.